The maximum atomic E-state index is 12.8. The number of ether oxygens (including phenoxy) is 1. The molecule has 0 spiro atoms. The SMILES string of the molecule is Cc1cccc(C)c1OCC(=O)NNC(=O)Cc1ccc(F)cc1. The summed E-state index contributed by atoms with van der Waals surface area (Å²) >= 11 is 0. The van der Waals surface area contributed by atoms with Crippen molar-refractivity contribution < 1.29 is 18.7 Å². The third-order valence-electron chi connectivity index (χ3n) is 3.38. The zero-order chi connectivity index (χ0) is 17.5. The van der Waals surface area contributed by atoms with E-state index in [0.717, 1.165) is 11.1 Å². The van der Waals surface area contributed by atoms with Gasteiger partial charge in [0.2, 0.25) is 5.91 Å². The molecule has 0 aromatic heterocycles. The van der Waals surface area contributed by atoms with Gasteiger partial charge in [0.25, 0.3) is 5.91 Å². The zero-order valence-electron chi connectivity index (χ0n) is 13.6. The molecule has 2 N–H and O–H groups in total. The van der Waals surface area contributed by atoms with Gasteiger partial charge in [0.05, 0.1) is 6.42 Å². The number of aryl methyl sites for hydroxylation is 2. The predicted molar refractivity (Wildman–Crippen MR) is 87.8 cm³/mol. The van der Waals surface area contributed by atoms with Crippen molar-refractivity contribution in [1.82, 2.24) is 10.9 Å². The maximum Gasteiger partial charge on any atom is 0.276 e. The van der Waals surface area contributed by atoms with E-state index in [9.17, 15) is 14.0 Å². The number of hydrazine groups is 1. The molecule has 2 aromatic rings. The van der Waals surface area contributed by atoms with Crippen LogP contribution >= 0.6 is 0 Å². The molecule has 24 heavy (non-hydrogen) atoms. The number of carbonyl (C=O) groups is 2. The van der Waals surface area contributed by atoms with Crippen molar-refractivity contribution in [3.8, 4) is 5.75 Å². The molecule has 126 valence electrons. The molecule has 0 atom stereocenters. The van der Waals surface area contributed by atoms with Gasteiger partial charge in [-0.1, -0.05) is 30.3 Å². The summed E-state index contributed by atoms with van der Waals surface area (Å²) in [5.41, 5.74) is 7.10. The summed E-state index contributed by atoms with van der Waals surface area (Å²) in [6, 6.07) is 11.3. The van der Waals surface area contributed by atoms with E-state index < -0.39 is 11.8 Å². The second-order valence-corrected chi connectivity index (χ2v) is 5.41. The molecule has 2 aromatic carbocycles. The third kappa shape index (κ3) is 5.08. The lowest BCUT2D eigenvalue weighted by atomic mass is 10.1. The number of hydrogen-bond acceptors (Lipinski definition) is 3. The van der Waals surface area contributed by atoms with Gasteiger partial charge in [0, 0.05) is 0 Å². The van der Waals surface area contributed by atoms with Crippen molar-refractivity contribution >= 4 is 11.8 Å². The first-order valence-electron chi connectivity index (χ1n) is 7.47. The first-order valence-corrected chi connectivity index (χ1v) is 7.47. The number of halogens is 1. The molecule has 0 fully saturated rings. The monoisotopic (exact) mass is 330 g/mol. The fraction of sp³-hybridized carbons (Fsp3) is 0.222. The Morgan fingerprint density at radius 2 is 1.54 bits per heavy atom. The summed E-state index contributed by atoms with van der Waals surface area (Å²) < 4.78 is 18.3. The first-order chi connectivity index (χ1) is 11.5. The fourth-order valence-electron chi connectivity index (χ4n) is 2.17. The number of amides is 2. The van der Waals surface area contributed by atoms with Gasteiger partial charge in [0.1, 0.15) is 11.6 Å². The smallest absolute Gasteiger partial charge is 0.276 e. The third-order valence-corrected chi connectivity index (χ3v) is 3.38. The van der Waals surface area contributed by atoms with Crippen LogP contribution in [0.15, 0.2) is 42.5 Å². The highest BCUT2D eigenvalue weighted by Gasteiger charge is 2.09. The minimum absolute atomic E-state index is 0.0400. The van der Waals surface area contributed by atoms with Crippen molar-refractivity contribution in [3.63, 3.8) is 0 Å². The van der Waals surface area contributed by atoms with Crippen LogP contribution in [0.5, 0.6) is 5.75 Å². The van der Waals surface area contributed by atoms with E-state index in [4.69, 9.17) is 4.74 Å². The van der Waals surface area contributed by atoms with Crippen LogP contribution in [0.4, 0.5) is 4.39 Å². The molecular formula is C18H19FN2O3. The van der Waals surface area contributed by atoms with Crippen LogP contribution in [0.25, 0.3) is 0 Å². The van der Waals surface area contributed by atoms with E-state index in [-0.39, 0.29) is 18.8 Å². The zero-order valence-corrected chi connectivity index (χ0v) is 13.6. The highest BCUT2D eigenvalue weighted by molar-refractivity contribution is 5.83. The van der Waals surface area contributed by atoms with Gasteiger partial charge in [-0.3, -0.25) is 20.4 Å². The highest BCUT2D eigenvalue weighted by Crippen LogP contribution is 2.21. The van der Waals surface area contributed by atoms with E-state index in [2.05, 4.69) is 10.9 Å². The maximum absolute atomic E-state index is 12.8. The summed E-state index contributed by atoms with van der Waals surface area (Å²) in [5, 5.41) is 0. The van der Waals surface area contributed by atoms with Crippen LogP contribution < -0.4 is 15.6 Å². The number of rotatable bonds is 5. The second kappa shape index (κ2) is 8.10. The van der Waals surface area contributed by atoms with E-state index in [1.54, 1.807) is 0 Å². The lowest BCUT2D eigenvalue weighted by Gasteiger charge is -2.12. The number of para-hydroxylation sites is 1. The lowest BCUT2D eigenvalue weighted by molar-refractivity contribution is -0.129. The number of hydrogen-bond donors (Lipinski definition) is 2. The van der Waals surface area contributed by atoms with Crippen molar-refractivity contribution in [2.45, 2.75) is 20.3 Å². The Balaban J connectivity index is 1.76. The van der Waals surface area contributed by atoms with Gasteiger partial charge in [-0.15, -0.1) is 0 Å². The van der Waals surface area contributed by atoms with Crippen molar-refractivity contribution in [2.75, 3.05) is 6.61 Å². The molecule has 6 heteroatoms. The van der Waals surface area contributed by atoms with Gasteiger partial charge < -0.3 is 4.74 Å². The standard InChI is InChI=1S/C18H19FN2O3/c1-12-4-3-5-13(2)18(12)24-11-17(23)21-20-16(22)10-14-6-8-15(19)9-7-14/h3-9H,10-11H2,1-2H3,(H,20,22)(H,21,23). The van der Waals surface area contributed by atoms with Crippen LogP contribution in [0.1, 0.15) is 16.7 Å². The second-order valence-electron chi connectivity index (χ2n) is 5.41. The molecule has 0 saturated carbocycles. The van der Waals surface area contributed by atoms with Crippen molar-refractivity contribution in [2.24, 2.45) is 0 Å². The predicted octanol–water partition coefficient (Wildman–Crippen LogP) is 2.21. The summed E-state index contributed by atoms with van der Waals surface area (Å²) in [5.74, 6) is -0.575. The molecule has 0 aliphatic rings. The topological polar surface area (TPSA) is 67.4 Å². The van der Waals surface area contributed by atoms with Crippen LogP contribution in [0, 0.1) is 19.7 Å². The van der Waals surface area contributed by atoms with E-state index in [1.165, 1.54) is 24.3 Å². The molecule has 0 aliphatic heterocycles. The summed E-state index contributed by atoms with van der Waals surface area (Å²) in [4.78, 5) is 23.5. The summed E-state index contributed by atoms with van der Waals surface area (Å²) in [6.45, 7) is 3.58. The van der Waals surface area contributed by atoms with Crippen molar-refractivity contribution in [3.05, 3.63) is 65.0 Å². The summed E-state index contributed by atoms with van der Waals surface area (Å²) in [7, 11) is 0. The van der Waals surface area contributed by atoms with Gasteiger partial charge in [-0.25, -0.2) is 4.39 Å². The van der Waals surface area contributed by atoms with Crippen LogP contribution in [0.2, 0.25) is 0 Å². The normalized spacial score (nSPS) is 10.1. The van der Waals surface area contributed by atoms with Crippen LogP contribution in [0.3, 0.4) is 0 Å². The largest absolute Gasteiger partial charge is 0.483 e. The van der Waals surface area contributed by atoms with Crippen molar-refractivity contribution in [1.29, 1.82) is 0 Å². The molecule has 0 aliphatic carbocycles. The Morgan fingerprint density at radius 3 is 2.17 bits per heavy atom. The Labute approximate surface area is 139 Å². The molecule has 0 heterocycles. The molecule has 5 nitrogen and oxygen atoms in total. The average Bonchev–Trinajstić information content (AvgIpc) is 2.54. The number of benzene rings is 2. The molecule has 2 rings (SSSR count). The summed E-state index contributed by atoms with van der Waals surface area (Å²) in [6.07, 6.45) is 0.0400. The highest BCUT2D eigenvalue weighted by atomic mass is 19.1. The van der Waals surface area contributed by atoms with Gasteiger partial charge in [-0.05, 0) is 42.7 Å². The minimum atomic E-state index is -0.467. The minimum Gasteiger partial charge on any atom is -0.483 e. The fourth-order valence-corrected chi connectivity index (χ4v) is 2.17. The number of nitrogens with one attached hydrogen (secondary N) is 2. The van der Waals surface area contributed by atoms with Gasteiger partial charge in [-0.2, -0.15) is 0 Å². The average molecular weight is 330 g/mol. The molecular weight excluding hydrogens is 311 g/mol. The quantitative estimate of drug-likeness (QED) is 0.826. The first kappa shape index (κ1) is 17.5. The van der Waals surface area contributed by atoms with E-state index in [1.807, 2.05) is 32.0 Å². The molecule has 0 bridgehead atoms. The van der Waals surface area contributed by atoms with Gasteiger partial charge >= 0.3 is 0 Å². The lowest BCUT2D eigenvalue weighted by Crippen LogP contribution is -2.44. The Bertz CT molecular complexity index is 709. The van der Waals surface area contributed by atoms with Gasteiger partial charge in [0.15, 0.2) is 6.61 Å². The molecule has 0 radical (unpaired) electrons. The van der Waals surface area contributed by atoms with Crippen LogP contribution in [-0.2, 0) is 16.0 Å². The van der Waals surface area contributed by atoms with E-state index >= 15 is 0 Å². The Hall–Kier alpha value is -2.89. The molecule has 0 saturated heterocycles. The Morgan fingerprint density at radius 1 is 0.958 bits per heavy atom. The molecule has 2 amide bonds. The Kier molecular flexibility index (Phi) is 5.89. The molecule has 0 unspecified atom stereocenters. The number of carbonyl (C=O) groups excluding carboxylic acids is 2. The van der Waals surface area contributed by atoms with E-state index in [0.29, 0.717) is 11.3 Å². The van der Waals surface area contributed by atoms with Crippen LogP contribution in [-0.4, -0.2) is 18.4 Å².